The average molecular weight is 268 g/mol. The zero-order valence-electron chi connectivity index (χ0n) is 11.7. The number of carbonyl (C=O) groups is 1. The molecule has 1 rings (SSSR count). The zero-order chi connectivity index (χ0) is 14.4. The Balaban J connectivity index is 3.08. The summed E-state index contributed by atoms with van der Waals surface area (Å²) in [5, 5.41) is 0. The van der Waals surface area contributed by atoms with Crippen molar-refractivity contribution in [3.05, 3.63) is 17.7 Å². The maximum atomic E-state index is 11.5. The van der Waals surface area contributed by atoms with Crippen molar-refractivity contribution in [1.82, 2.24) is 4.90 Å². The molecular formula is C13H20N2O4. The van der Waals surface area contributed by atoms with Gasteiger partial charge >= 0.3 is 0 Å². The third kappa shape index (κ3) is 3.51. The molecule has 0 bridgehead atoms. The van der Waals surface area contributed by atoms with E-state index < -0.39 is 0 Å². The Kier molecular flexibility index (Phi) is 5.44. The lowest BCUT2D eigenvalue weighted by Gasteiger charge is -2.19. The standard InChI is InChI=1S/C13H20N2O4/c1-15(13(16)7-14)8-9-5-11(18-3)12(19-4)6-10(9)17-2/h5-6H,7-8,14H2,1-4H3. The molecule has 1 amide bonds. The van der Waals surface area contributed by atoms with E-state index in [9.17, 15) is 4.79 Å². The van der Waals surface area contributed by atoms with Crippen molar-refractivity contribution in [1.29, 1.82) is 0 Å². The molecule has 2 N–H and O–H groups in total. The summed E-state index contributed by atoms with van der Waals surface area (Å²) >= 11 is 0. The van der Waals surface area contributed by atoms with Gasteiger partial charge in [0.25, 0.3) is 0 Å². The quantitative estimate of drug-likeness (QED) is 0.819. The predicted molar refractivity (Wildman–Crippen MR) is 71.6 cm³/mol. The smallest absolute Gasteiger partial charge is 0.236 e. The van der Waals surface area contributed by atoms with Gasteiger partial charge in [0.05, 0.1) is 27.9 Å². The molecule has 0 fully saturated rings. The van der Waals surface area contributed by atoms with Gasteiger partial charge in [0, 0.05) is 25.2 Å². The fraction of sp³-hybridized carbons (Fsp3) is 0.462. The van der Waals surface area contributed by atoms with Crippen LogP contribution in [-0.4, -0.2) is 45.7 Å². The molecule has 0 aliphatic rings. The number of hydrogen-bond donors (Lipinski definition) is 1. The maximum absolute atomic E-state index is 11.5. The van der Waals surface area contributed by atoms with E-state index in [-0.39, 0.29) is 12.5 Å². The summed E-state index contributed by atoms with van der Waals surface area (Å²) in [6.07, 6.45) is 0. The summed E-state index contributed by atoms with van der Waals surface area (Å²) in [6, 6.07) is 3.52. The molecule has 6 nitrogen and oxygen atoms in total. The SMILES string of the molecule is COc1cc(OC)c(OC)cc1CN(C)C(=O)CN. The lowest BCUT2D eigenvalue weighted by molar-refractivity contribution is -0.128. The topological polar surface area (TPSA) is 74.0 Å². The Morgan fingerprint density at radius 1 is 1.11 bits per heavy atom. The van der Waals surface area contributed by atoms with Crippen LogP contribution in [-0.2, 0) is 11.3 Å². The zero-order valence-corrected chi connectivity index (χ0v) is 11.7. The Morgan fingerprint density at radius 3 is 2.11 bits per heavy atom. The Labute approximate surface area is 113 Å². The van der Waals surface area contributed by atoms with E-state index in [0.29, 0.717) is 23.8 Å². The van der Waals surface area contributed by atoms with Gasteiger partial charge in [0.2, 0.25) is 5.91 Å². The van der Waals surface area contributed by atoms with Crippen molar-refractivity contribution in [3.8, 4) is 17.2 Å². The predicted octanol–water partition coefficient (Wildman–Crippen LogP) is 0.629. The van der Waals surface area contributed by atoms with Gasteiger partial charge in [-0.2, -0.15) is 0 Å². The van der Waals surface area contributed by atoms with Crippen molar-refractivity contribution in [2.24, 2.45) is 5.73 Å². The van der Waals surface area contributed by atoms with E-state index in [0.717, 1.165) is 5.56 Å². The third-order valence-electron chi connectivity index (χ3n) is 2.79. The van der Waals surface area contributed by atoms with Crippen molar-refractivity contribution in [2.45, 2.75) is 6.54 Å². The van der Waals surface area contributed by atoms with Crippen LogP contribution in [0.2, 0.25) is 0 Å². The van der Waals surface area contributed by atoms with Crippen LogP contribution < -0.4 is 19.9 Å². The van der Waals surface area contributed by atoms with Crippen molar-refractivity contribution in [2.75, 3.05) is 34.9 Å². The van der Waals surface area contributed by atoms with E-state index >= 15 is 0 Å². The second kappa shape index (κ2) is 6.84. The summed E-state index contributed by atoms with van der Waals surface area (Å²) < 4.78 is 15.7. The number of likely N-dealkylation sites (N-methyl/N-ethyl adjacent to an activating group) is 1. The Hall–Kier alpha value is -1.95. The molecule has 1 aromatic carbocycles. The van der Waals surface area contributed by atoms with Crippen LogP contribution >= 0.6 is 0 Å². The monoisotopic (exact) mass is 268 g/mol. The number of nitrogens with two attached hydrogens (primary N) is 1. The first-order valence-electron chi connectivity index (χ1n) is 5.80. The minimum absolute atomic E-state index is 0.0217. The van der Waals surface area contributed by atoms with Crippen molar-refractivity contribution in [3.63, 3.8) is 0 Å². The van der Waals surface area contributed by atoms with Gasteiger partial charge in [-0.3, -0.25) is 4.79 Å². The van der Waals surface area contributed by atoms with E-state index in [1.54, 1.807) is 40.5 Å². The van der Waals surface area contributed by atoms with Gasteiger partial charge in [0.1, 0.15) is 5.75 Å². The first-order valence-corrected chi connectivity index (χ1v) is 5.80. The number of benzene rings is 1. The molecule has 0 aliphatic heterocycles. The van der Waals surface area contributed by atoms with Gasteiger partial charge in [-0.25, -0.2) is 0 Å². The first kappa shape index (κ1) is 15.1. The fourth-order valence-corrected chi connectivity index (χ4v) is 1.72. The van der Waals surface area contributed by atoms with Gasteiger partial charge in [0.15, 0.2) is 11.5 Å². The minimum atomic E-state index is -0.142. The largest absolute Gasteiger partial charge is 0.496 e. The molecule has 0 saturated heterocycles. The molecule has 0 atom stereocenters. The molecular weight excluding hydrogens is 248 g/mol. The van der Waals surface area contributed by atoms with E-state index in [2.05, 4.69) is 0 Å². The molecule has 0 heterocycles. The second-order valence-electron chi connectivity index (χ2n) is 3.97. The highest BCUT2D eigenvalue weighted by Gasteiger charge is 2.15. The number of amides is 1. The van der Waals surface area contributed by atoms with Crippen LogP contribution in [0.5, 0.6) is 17.2 Å². The summed E-state index contributed by atoms with van der Waals surface area (Å²) in [4.78, 5) is 13.0. The molecule has 106 valence electrons. The van der Waals surface area contributed by atoms with Crippen molar-refractivity contribution < 1.29 is 19.0 Å². The Morgan fingerprint density at radius 2 is 1.63 bits per heavy atom. The number of carbonyl (C=O) groups excluding carboxylic acids is 1. The highest BCUT2D eigenvalue weighted by Crippen LogP contribution is 2.35. The molecule has 0 saturated carbocycles. The second-order valence-corrected chi connectivity index (χ2v) is 3.97. The minimum Gasteiger partial charge on any atom is -0.496 e. The lowest BCUT2D eigenvalue weighted by atomic mass is 10.1. The van der Waals surface area contributed by atoms with E-state index in [1.807, 2.05) is 0 Å². The summed E-state index contributed by atoms with van der Waals surface area (Å²) in [6.45, 7) is 0.367. The van der Waals surface area contributed by atoms with Crippen LogP contribution in [0.1, 0.15) is 5.56 Å². The molecule has 0 aliphatic carbocycles. The number of methoxy groups -OCH3 is 3. The van der Waals surface area contributed by atoms with Gasteiger partial charge < -0.3 is 24.8 Å². The summed E-state index contributed by atoms with van der Waals surface area (Å²) in [5.41, 5.74) is 6.16. The first-order chi connectivity index (χ1) is 9.07. The highest BCUT2D eigenvalue weighted by atomic mass is 16.5. The normalized spacial score (nSPS) is 9.95. The highest BCUT2D eigenvalue weighted by molar-refractivity contribution is 5.77. The molecule has 6 heteroatoms. The number of hydrogen-bond acceptors (Lipinski definition) is 5. The van der Waals surface area contributed by atoms with Crippen LogP contribution in [0.3, 0.4) is 0 Å². The molecule has 19 heavy (non-hydrogen) atoms. The Bertz CT molecular complexity index is 449. The maximum Gasteiger partial charge on any atom is 0.236 e. The van der Waals surface area contributed by atoms with Crippen LogP contribution in [0.4, 0.5) is 0 Å². The van der Waals surface area contributed by atoms with E-state index in [1.165, 1.54) is 4.90 Å². The van der Waals surface area contributed by atoms with Crippen LogP contribution in [0.25, 0.3) is 0 Å². The third-order valence-corrected chi connectivity index (χ3v) is 2.79. The molecule has 0 spiro atoms. The molecule has 1 aromatic rings. The summed E-state index contributed by atoms with van der Waals surface area (Å²) in [7, 11) is 6.37. The molecule has 0 aromatic heterocycles. The van der Waals surface area contributed by atoms with Crippen LogP contribution in [0.15, 0.2) is 12.1 Å². The fourth-order valence-electron chi connectivity index (χ4n) is 1.72. The van der Waals surface area contributed by atoms with E-state index in [4.69, 9.17) is 19.9 Å². The van der Waals surface area contributed by atoms with Gasteiger partial charge in [-0.05, 0) is 6.07 Å². The molecule has 0 unspecified atom stereocenters. The number of nitrogens with zero attached hydrogens (tertiary/aromatic N) is 1. The van der Waals surface area contributed by atoms with Gasteiger partial charge in [-0.15, -0.1) is 0 Å². The average Bonchev–Trinajstić information content (AvgIpc) is 2.45. The number of rotatable bonds is 6. The van der Waals surface area contributed by atoms with Gasteiger partial charge in [-0.1, -0.05) is 0 Å². The summed E-state index contributed by atoms with van der Waals surface area (Å²) in [5.74, 6) is 1.66. The van der Waals surface area contributed by atoms with Crippen LogP contribution in [0, 0.1) is 0 Å². The number of ether oxygens (including phenoxy) is 3. The molecule has 0 radical (unpaired) electrons. The lowest BCUT2D eigenvalue weighted by Crippen LogP contribution is -2.32. The van der Waals surface area contributed by atoms with Crippen molar-refractivity contribution >= 4 is 5.91 Å².